The molecule has 0 aliphatic heterocycles. The van der Waals surface area contributed by atoms with E-state index in [1.807, 2.05) is 18.7 Å². The van der Waals surface area contributed by atoms with Crippen LogP contribution in [-0.4, -0.2) is 15.2 Å². The van der Waals surface area contributed by atoms with Crippen molar-refractivity contribution in [1.82, 2.24) is 9.97 Å². The molecule has 1 aliphatic rings. The van der Waals surface area contributed by atoms with Crippen LogP contribution in [0, 0.1) is 12.8 Å². The van der Waals surface area contributed by atoms with E-state index in [2.05, 4.69) is 16.9 Å². The van der Waals surface area contributed by atoms with Gasteiger partial charge in [-0.25, -0.2) is 9.97 Å². The summed E-state index contributed by atoms with van der Waals surface area (Å²) >= 11 is 7.87. The van der Waals surface area contributed by atoms with Crippen molar-refractivity contribution in [3.63, 3.8) is 0 Å². The van der Waals surface area contributed by atoms with Gasteiger partial charge in [-0.1, -0.05) is 31.4 Å². The van der Waals surface area contributed by atoms with Crippen molar-refractivity contribution in [2.45, 2.75) is 49.8 Å². The summed E-state index contributed by atoms with van der Waals surface area (Å²) in [5, 5.41) is 2.34. The Bertz CT molecular complexity index is 370. The van der Waals surface area contributed by atoms with Crippen LogP contribution < -0.4 is 0 Å². The van der Waals surface area contributed by atoms with Gasteiger partial charge in [0, 0.05) is 10.8 Å². The quantitative estimate of drug-likeness (QED) is 0.745. The third-order valence-corrected chi connectivity index (χ3v) is 4.92. The van der Waals surface area contributed by atoms with Gasteiger partial charge in [0.15, 0.2) is 0 Å². The van der Waals surface area contributed by atoms with E-state index in [1.165, 1.54) is 25.7 Å². The van der Waals surface area contributed by atoms with Gasteiger partial charge in [0.25, 0.3) is 0 Å². The molecular formula is C12H17ClN2S. The van der Waals surface area contributed by atoms with E-state index < -0.39 is 0 Å². The van der Waals surface area contributed by atoms with Crippen LogP contribution in [0.25, 0.3) is 0 Å². The summed E-state index contributed by atoms with van der Waals surface area (Å²) in [4.78, 5) is 8.31. The van der Waals surface area contributed by atoms with E-state index in [4.69, 9.17) is 11.6 Å². The Morgan fingerprint density at radius 3 is 2.94 bits per heavy atom. The second kappa shape index (κ2) is 5.37. The van der Waals surface area contributed by atoms with Gasteiger partial charge in [-0.2, -0.15) is 0 Å². The zero-order valence-corrected chi connectivity index (χ0v) is 11.3. The second-order valence-corrected chi connectivity index (χ2v) is 6.25. The Balaban J connectivity index is 2.05. The molecule has 2 atom stereocenters. The first kappa shape index (κ1) is 12.2. The molecule has 0 radical (unpaired) electrons. The van der Waals surface area contributed by atoms with E-state index in [0.29, 0.717) is 10.4 Å². The maximum atomic E-state index is 6.00. The van der Waals surface area contributed by atoms with Gasteiger partial charge in [0.1, 0.15) is 16.5 Å². The predicted octanol–water partition coefficient (Wildman–Crippen LogP) is 4.11. The number of hydrogen-bond acceptors (Lipinski definition) is 3. The van der Waals surface area contributed by atoms with Gasteiger partial charge < -0.3 is 0 Å². The van der Waals surface area contributed by atoms with Gasteiger partial charge in [-0.05, 0) is 25.7 Å². The first-order valence-corrected chi connectivity index (χ1v) is 7.06. The van der Waals surface area contributed by atoms with Gasteiger partial charge in [0.05, 0.1) is 0 Å². The number of halogens is 1. The van der Waals surface area contributed by atoms with Crippen molar-refractivity contribution in [2.24, 2.45) is 5.92 Å². The molecule has 2 nitrogen and oxygen atoms in total. The molecule has 1 aliphatic carbocycles. The smallest absolute Gasteiger partial charge is 0.136 e. The molecule has 1 saturated carbocycles. The number of rotatable bonds is 2. The SMILES string of the molecule is Cc1c(Cl)ncnc1SC1CCCC(C)C1. The van der Waals surface area contributed by atoms with Crippen LogP contribution in [0.15, 0.2) is 11.4 Å². The summed E-state index contributed by atoms with van der Waals surface area (Å²) in [6, 6.07) is 0. The normalized spacial score (nSPS) is 25.7. The van der Waals surface area contributed by atoms with Crippen molar-refractivity contribution < 1.29 is 0 Å². The molecular weight excluding hydrogens is 240 g/mol. The van der Waals surface area contributed by atoms with E-state index in [-0.39, 0.29) is 0 Å². The summed E-state index contributed by atoms with van der Waals surface area (Å²) in [7, 11) is 0. The van der Waals surface area contributed by atoms with E-state index in [0.717, 1.165) is 16.5 Å². The number of thioether (sulfide) groups is 1. The predicted molar refractivity (Wildman–Crippen MR) is 69.1 cm³/mol. The van der Waals surface area contributed by atoms with Crippen LogP contribution in [0.2, 0.25) is 5.15 Å². The highest BCUT2D eigenvalue weighted by Gasteiger charge is 2.21. The third-order valence-electron chi connectivity index (χ3n) is 3.14. The standard InChI is InChI=1S/C12H17ClN2S/c1-8-4-3-5-10(6-8)16-12-9(2)11(13)14-7-15-12/h7-8,10H,3-6H2,1-2H3. The molecule has 16 heavy (non-hydrogen) atoms. The van der Waals surface area contributed by atoms with Crippen molar-refractivity contribution >= 4 is 23.4 Å². The molecule has 1 fully saturated rings. The fraction of sp³-hybridized carbons (Fsp3) is 0.667. The molecule has 0 aromatic carbocycles. The van der Waals surface area contributed by atoms with Crippen LogP contribution in [-0.2, 0) is 0 Å². The minimum absolute atomic E-state index is 0.585. The Hall–Kier alpha value is -0.280. The van der Waals surface area contributed by atoms with Gasteiger partial charge in [-0.3, -0.25) is 0 Å². The molecule has 4 heteroatoms. The fourth-order valence-electron chi connectivity index (χ4n) is 2.18. The first-order chi connectivity index (χ1) is 7.66. The van der Waals surface area contributed by atoms with Crippen molar-refractivity contribution in [2.75, 3.05) is 0 Å². The largest absolute Gasteiger partial charge is 0.230 e. The highest BCUT2D eigenvalue weighted by Crippen LogP contribution is 2.37. The number of nitrogens with zero attached hydrogens (tertiary/aromatic N) is 2. The lowest BCUT2D eigenvalue weighted by Crippen LogP contribution is -2.15. The molecule has 1 aromatic heterocycles. The Labute approximate surface area is 106 Å². The van der Waals surface area contributed by atoms with Crippen LogP contribution in [0.3, 0.4) is 0 Å². The average molecular weight is 257 g/mol. The van der Waals surface area contributed by atoms with Crippen molar-refractivity contribution in [3.05, 3.63) is 17.0 Å². The highest BCUT2D eigenvalue weighted by atomic mass is 35.5. The lowest BCUT2D eigenvalue weighted by molar-refractivity contribution is 0.394. The van der Waals surface area contributed by atoms with Gasteiger partial charge >= 0.3 is 0 Å². The Morgan fingerprint density at radius 1 is 1.38 bits per heavy atom. The van der Waals surface area contributed by atoms with Gasteiger partial charge in [-0.15, -0.1) is 11.8 Å². The Kier molecular flexibility index (Phi) is 4.09. The third kappa shape index (κ3) is 2.89. The molecule has 1 aromatic rings. The number of aromatic nitrogens is 2. The summed E-state index contributed by atoms with van der Waals surface area (Å²) < 4.78 is 0. The maximum absolute atomic E-state index is 6.00. The zero-order chi connectivity index (χ0) is 11.5. The van der Waals surface area contributed by atoms with Crippen molar-refractivity contribution in [3.8, 4) is 0 Å². The van der Waals surface area contributed by atoms with E-state index in [1.54, 1.807) is 6.33 Å². The molecule has 2 unspecified atom stereocenters. The zero-order valence-electron chi connectivity index (χ0n) is 9.74. The summed E-state index contributed by atoms with van der Waals surface area (Å²) in [5.74, 6) is 0.851. The summed E-state index contributed by atoms with van der Waals surface area (Å²) in [6.07, 6.45) is 6.88. The average Bonchev–Trinajstić information content (AvgIpc) is 2.25. The topological polar surface area (TPSA) is 25.8 Å². The minimum Gasteiger partial charge on any atom is -0.230 e. The van der Waals surface area contributed by atoms with E-state index in [9.17, 15) is 0 Å². The first-order valence-electron chi connectivity index (χ1n) is 5.80. The summed E-state index contributed by atoms with van der Waals surface area (Å²) in [5.41, 5.74) is 1.02. The Morgan fingerprint density at radius 2 is 2.19 bits per heavy atom. The maximum Gasteiger partial charge on any atom is 0.136 e. The fourth-order valence-corrected chi connectivity index (χ4v) is 3.77. The number of hydrogen-bond donors (Lipinski definition) is 0. The molecule has 0 amide bonds. The minimum atomic E-state index is 0.585. The van der Waals surface area contributed by atoms with Crippen LogP contribution in [0.5, 0.6) is 0 Å². The van der Waals surface area contributed by atoms with E-state index >= 15 is 0 Å². The molecule has 2 rings (SSSR count). The second-order valence-electron chi connectivity index (χ2n) is 4.61. The molecule has 0 spiro atoms. The van der Waals surface area contributed by atoms with Gasteiger partial charge in [0.2, 0.25) is 0 Å². The lowest BCUT2D eigenvalue weighted by atomic mass is 9.91. The van der Waals surface area contributed by atoms with Crippen LogP contribution >= 0.6 is 23.4 Å². The molecule has 1 heterocycles. The lowest BCUT2D eigenvalue weighted by Gasteiger charge is -2.26. The van der Waals surface area contributed by atoms with Crippen LogP contribution in [0.4, 0.5) is 0 Å². The monoisotopic (exact) mass is 256 g/mol. The highest BCUT2D eigenvalue weighted by molar-refractivity contribution is 7.99. The molecule has 0 N–H and O–H groups in total. The molecule has 88 valence electrons. The van der Waals surface area contributed by atoms with Crippen LogP contribution in [0.1, 0.15) is 38.2 Å². The summed E-state index contributed by atoms with van der Waals surface area (Å²) in [6.45, 7) is 4.34. The molecule has 0 bridgehead atoms. The van der Waals surface area contributed by atoms with Crippen molar-refractivity contribution in [1.29, 1.82) is 0 Å². The molecule has 0 saturated heterocycles.